The van der Waals surface area contributed by atoms with Gasteiger partial charge in [0.1, 0.15) is 0 Å². The van der Waals surface area contributed by atoms with Gasteiger partial charge in [-0.15, -0.1) is 0 Å². The highest BCUT2D eigenvalue weighted by atomic mass is 14.8. The zero-order chi connectivity index (χ0) is 7.03. The zero-order valence-electron chi connectivity index (χ0n) is 6.69. The summed E-state index contributed by atoms with van der Waals surface area (Å²) in [6.07, 6.45) is 6.70. The minimum atomic E-state index is 0.656. The van der Waals surface area contributed by atoms with Gasteiger partial charge in [0.2, 0.25) is 0 Å². The van der Waals surface area contributed by atoms with Gasteiger partial charge in [0.05, 0.1) is 0 Å². The van der Waals surface area contributed by atoms with Crippen LogP contribution >= 0.6 is 0 Å². The summed E-state index contributed by atoms with van der Waals surface area (Å²) in [4.78, 5) is 4.55. The standard InChI is InChI=1S/C9H15N/c1-9-4-2-8(3-5-9)10-7-6-9/h2-7H2,1H3. The Kier molecular flexibility index (Phi) is 1.33. The monoisotopic (exact) mass is 137 g/mol. The Balaban J connectivity index is 2.21. The van der Waals surface area contributed by atoms with E-state index in [0.717, 1.165) is 6.54 Å². The Bertz CT molecular complexity index is 154. The molecule has 2 bridgehead atoms. The molecular weight excluding hydrogens is 122 g/mol. The highest BCUT2D eigenvalue weighted by Crippen LogP contribution is 2.39. The predicted octanol–water partition coefficient (Wildman–Crippen LogP) is 2.41. The summed E-state index contributed by atoms with van der Waals surface area (Å²) in [7, 11) is 0. The average Bonchev–Trinajstić information content (AvgIpc) is 2.19. The third kappa shape index (κ3) is 0.979. The first-order chi connectivity index (χ1) is 4.79. The first kappa shape index (κ1) is 6.38. The van der Waals surface area contributed by atoms with E-state index in [1.165, 1.54) is 37.8 Å². The Morgan fingerprint density at radius 3 is 2.60 bits per heavy atom. The van der Waals surface area contributed by atoms with Crippen molar-refractivity contribution < 1.29 is 0 Å². The zero-order valence-corrected chi connectivity index (χ0v) is 6.69. The van der Waals surface area contributed by atoms with Crippen LogP contribution in [0, 0.1) is 5.41 Å². The second-order valence-corrected chi connectivity index (χ2v) is 4.01. The quantitative estimate of drug-likeness (QED) is 0.486. The van der Waals surface area contributed by atoms with Crippen LogP contribution in [0.15, 0.2) is 4.99 Å². The van der Waals surface area contributed by atoms with Crippen molar-refractivity contribution in [2.75, 3.05) is 6.54 Å². The van der Waals surface area contributed by atoms with Crippen molar-refractivity contribution in [1.82, 2.24) is 0 Å². The third-order valence-electron chi connectivity index (χ3n) is 3.09. The summed E-state index contributed by atoms with van der Waals surface area (Å²) in [5.74, 6) is 0. The number of hydrogen-bond donors (Lipinski definition) is 0. The summed E-state index contributed by atoms with van der Waals surface area (Å²) >= 11 is 0. The SMILES string of the molecule is CC12CCN=C(CC1)CC2. The number of fused-ring (bicyclic) bond motifs is 4. The van der Waals surface area contributed by atoms with Gasteiger partial charge in [-0.25, -0.2) is 0 Å². The van der Waals surface area contributed by atoms with Crippen LogP contribution in [0.4, 0.5) is 0 Å². The largest absolute Gasteiger partial charge is 0.294 e. The molecule has 1 fully saturated rings. The van der Waals surface area contributed by atoms with Crippen LogP contribution in [0.3, 0.4) is 0 Å². The predicted molar refractivity (Wildman–Crippen MR) is 43.5 cm³/mol. The molecule has 3 aliphatic rings. The average molecular weight is 137 g/mol. The van der Waals surface area contributed by atoms with E-state index in [0.29, 0.717) is 5.41 Å². The molecule has 1 aliphatic carbocycles. The van der Waals surface area contributed by atoms with Gasteiger partial charge >= 0.3 is 0 Å². The van der Waals surface area contributed by atoms with Crippen molar-refractivity contribution >= 4 is 5.71 Å². The second-order valence-electron chi connectivity index (χ2n) is 4.01. The lowest BCUT2D eigenvalue weighted by molar-refractivity contribution is 0.259. The van der Waals surface area contributed by atoms with Gasteiger partial charge in [-0.1, -0.05) is 6.92 Å². The van der Waals surface area contributed by atoms with Gasteiger partial charge in [-0.05, 0) is 37.5 Å². The fraction of sp³-hybridized carbons (Fsp3) is 0.889. The Morgan fingerprint density at radius 2 is 1.90 bits per heavy atom. The smallest absolute Gasteiger partial charge is 0.0393 e. The lowest BCUT2D eigenvalue weighted by atomic mass is 9.74. The van der Waals surface area contributed by atoms with Crippen LogP contribution in [-0.2, 0) is 0 Å². The lowest BCUT2D eigenvalue weighted by Crippen LogP contribution is -2.21. The summed E-state index contributed by atoms with van der Waals surface area (Å²) in [5, 5.41) is 0. The van der Waals surface area contributed by atoms with Gasteiger partial charge in [0, 0.05) is 12.3 Å². The number of hydrogen-bond acceptors (Lipinski definition) is 1. The topological polar surface area (TPSA) is 12.4 Å². The Hall–Kier alpha value is -0.330. The van der Waals surface area contributed by atoms with Gasteiger partial charge in [0.25, 0.3) is 0 Å². The van der Waals surface area contributed by atoms with Crippen LogP contribution < -0.4 is 0 Å². The molecule has 0 radical (unpaired) electrons. The molecule has 1 nitrogen and oxygen atoms in total. The molecule has 0 saturated heterocycles. The summed E-state index contributed by atoms with van der Waals surface area (Å²) in [6.45, 7) is 3.52. The first-order valence-electron chi connectivity index (χ1n) is 4.31. The van der Waals surface area contributed by atoms with Gasteiger partial charge in [0.15, 0.2) is 0 Å². The maximum absolute atomic E-state index is 4.55. The number of rotatable bonds is 0. The van der Waals surface area contributed by atoms with E-state index in [4.69, 9.17) is 0 Å². The van der Waals surface area contributed by atoms with Crippen LogP contribution in [0.2, 0.25) is 0 Å². The first-order valence-corrected chi connectivity index (χ1v) is 4.31. The summed E-state index contributed by atoms with van der Waals surface area (Å²) in [6, 6.07) is 0. The molecule has 56 valence electrons. The molecule has 0 N–H and O–H groups in total. The summed E-state index contributed by atoms with van der Waals surface area (Å²) in [5.41, 5.74) is 2.15. The van der Waals surface area contributed by atoms with Crippen LogP contribution in [0.25, 0.3) is 0 Å². The van der Waals surface area contributed by atoms with Gasteiger partial charge in [-0.3, -0.25) is 4.99 Å². The van der Waals surface area contributed by atoms with Crippen molar-refractivity contribution in [3.63, 3.8) is 0 Å². The van der Waals surface area contributed by atoms with E-state index in [9.17, 15) is 0 Å². The normalized spacial score (nSPS) is 29.5. The fourth-order valence-corrected chi connectivity index (χ4v) is 2.03. The van der Waals surface area contributed by atoms with E-state index in [2.05, 4.69) is 11.9 Å². The summed E-state index contributed by atoms with van der Waals surface area (Å²) < 4.78 is 0. The minimum Gasteiger partial charge on any atom is -0.294 e. The van der Waals surface area contributed by atoms with Crippen molar-refractivity contribution in [2.45, 2.75) is 39.0 Å². The second kappa shape index (κ2) is 2.08. The molecule has 1 heteroatoms. The van der Waals surface area contributed by atoms with Crippen LogP contribution in [0.5, 0.6) is 0 Å². The highest BCUT2D eigenvalue weighted by Gasteiger charge is 2.30. The maximum atomic E-state index is 4.55. The molecule has 2 heterocycles. The molecule has 0 unspecified atom stereocenters. The third-order valence-corrected chi connectivity index (χ3v) is 3.09. The van der Waals surface area contributed by atoms with E-state index in [1.54, 1.807) is 0 Å². The molecule has 0 aromatic rings. The molecule has 2 aliphatic heterocycles. The van der Waals surface area contributed by atoms with Gasteiger partial charge in [-0.2, -0.15) is 0 Å². The van der Waals surface area contributed by atoms with Crippen molar-refractivity contribution in [2.24, 2.45) is 10.4 Å². The fourth-order valence-electron chi connectivity index (χ4n) is 2.03. The molecule has 1 saturated carbocycles. The number of nitrogens with zero attached hydrogens (tertiary/aromatic N) is 1. The minimum absolute atomic E-state index is 0.656. The molecule has 0 spiro atoms. The molecule has 0 aromatic carbocycles. The molecule has 3 rings (SSSR count). The molecule has 0 atom stereocenters. The lowest BCUT2D eigenvalue weighted by Gasteiger charge is -2.30. The highest BCUT2D eigenvalue weighted by molar-refractivity contribution is 5.85. The maximum Gasteiger partial charge on any atom is 0.0393 e. The van der Waals surface area contributed by atoms with Crippen molar-refractivity contribution in [3.8, 4) is 0 Å². The van der Waals surface area contributed by atoms with E-state index in [1.807, 2.05) is 0 Å². The molecule has 0 amide bonds. The van der Waals surface area contributed by atoms with E-state index in [-0.39, 0.29) is 0 Å². The van der Waals surface area contributed by atoms with Crippen LogP contribution in [-0.4, -0.2) is 12.3 Å². The van der Waals surface area contributed by atoms with Crippen LogP contribution in [0.1, 0.15) is 39.0 Å². The van der Waals surface area contributed by atoms with E-state index < -0.39 is 0 Å². The number of aliphatic imine (C=N–C) groups is 1. The Morgan fingerprint density at radius 1 is 1.20 bits per heavy atom. The molecular formula is C9H15N. The van der Waals surface area contributed by atoms with E-state index >= 15 is 0 Å². The van der Waals surface area contributed by atoms with Crippen molar-refractivity contribution in [1.29, 1.82) is 0 Å². The van der Waals surface area contributed by atoms with Gasteiger partial charge < -0.3 is 0 Å². The molecule has 10 heavy (non-hydrogen) atoms. The Labute approximate surface area is 62.5 Å². The molecule has 0 aromatic heterocycles. The van der Waals surface area contributed by atoms with Crippen molar-refractivity contribution in [3.05, 3.63) is 0 Å².